The number of ether oxygens (including phenoxy) is 1. The zero-order valence-corrected chi connectivity index (χ0v) is 15.8. The molecular formula is C17H25IN4O. The predicted octanol–water partition coefficient (Wildman–Crippen LogP) is 3.84. The van der Waals surface area contributed by atoms with Crippen molar-refractivity contribution in [2.45, 2.75) is 51.0 Å². The second-order valence-electron chi connectivity index (χ2n) is 5.97. The van der Waals surface area contributed by atoms with Gasteiger partial charge in [-0.3, -0.25) is 0 Å². The van der Waals surface area contributed by atoms with Gasteiger partial charge >= 0.3 is 148 Å². The van der Waals surface area contributed by atoms with E-state index in [1.165, 1.54) is 23.0 Å². The van der Waals surface area contributed by atoms with E-state index in [4.69, 9.17) is 10.5 Å². The van der Waals surface area contributed by atoms with Gasteiger partial charge in [0.05, 0.1) is 0 Å². The molecule has 1 aliphatic carbocycles. The number of rotatable bonds is 7. The van der Waals surface area contributed by atoms with Crippen LogP contribution in [-0.2, 0) is 0 Å². The molecule has 2 aromatic heterocycles. The molecule has 0 saturated heterocycles. The van der Waals surface area contributed by atoms with Crippen molar-refractivity contribution in [2.75, 3.05) is 10.2 Å². The number of nitrogens with zero attached hydrogens (tertiary/aromatic N) is 3. The van der Waals surface area contributed by atoms with Gasteiger partial charge in [-0.15, -0.1) is 0 Å². The molecule has 3 rings (SSSR count). The fraction of sp³-hybridized carbons (Fsp3) is 0.529. The first-order valence-corrected chi connectivity index (χ1v) is 11.0. The van der Waals surface area contributed by atoms with Crippen LogP contribution in [0.1, 0.15) is 50.6 Å². The summed E-state index contributed by atoms with van der Waals surface area (Å²) in [7, 11) is 0. The number of hydrogen-bond donors (Lipinski definition) is 1. The van der Waals surface area contributed by atoms with Gasteiger partial charge in [-0.05, 0) is 0 Å². The van der Waals surface area contributed by atoms with Crippen LogP contribution in [0.3, 0.4) is 0 Å². The van der Waals surface area contributed by atoms with Crippen LogP contribution in [0.25, 0.3) is 0 Å². The molecular weight excluding hydrogens is 403 g/mol. The van der Waals surface area contributed by atoms with Crippen LogP contribution in [0.15, 0.2) is 30.5 Å². The Hall–Kier alpha value is -1.31. The third kappa shape index (κ3) is 4.37. The van der Waals surface area contributed by atoms with E-state index in [2.05, 4.69) is 26.0 Å². The SMILES string of the molecule is CCCC[IH]n1nc(N)cc1C1CCC(Oc2ccccn2)C1. The van der Waals surface area contributed by atoms with Gasteiger partial charge in [-0.2, -0.15) is 0 Å². The van der Waals surface area contributed by atoms with Crippen molar-refractivity contribution in [1.82, 2.24) is 13.0 Å². The second-order valence-corrected chi connectivity index (χ2v) is 8.86. The standard InChI is InChI=1S/C17H25IN4O/c1-2-3-9-18-22-15(12-16(19)21-22)13-7-8-14(11-13)23-17-6-4-5-10-20-17/h4-6,10,12-14,18H,2-3,7-9,11H2,1H3,(H2,19,21). The molecule has 2 unspecified atom stereocenters. The summed E-state index contributed by atoms with van der Waals surface area (Å²) < 4.78 is 9.54. The van der Waals surface area contributed by atoms with Gasteiger partial charge in [0.1, 0.15) is 0 Å². The first-order chi connectivity index (χ1) is 11.3. The van der Waals surface area contributed by atoms with Crippen molar-refractivity contribution in [3.8, 4) is 5.88 Å². The van der Waals surface area contributed by atoms with E-state index >= 15 is 0 Å². The minimum absolute atomic E-state index is 0.246. The summed E-state index contributed by atoms with van der Waals surface area (Å²) in [4.78, 5) is 4.26. The van der Waals surface area contributed by atoms with Gasteiger partial charge in [0.15, 0.2) is 0 Å². The predicted molar refractivity (Wildman–Crippen MR) is 102 cm³/mol. The summed E-state index contributed by atoms with van der Waals surface area (Å²) in [5.74, 6) is 1.90. The molecule has 0 radical (unpaired) electrons. The number of nitrogens with two attached hydrogens (primary N) is 1. The Labute approximate surface area is 148 Å². The van der Waals surface area contributed by atoms with Crippen molar-refractivity contribution in [3.05, 3.63) is 36.2 Å². The monoisotopic (exact) mass is 428 g/mol. The Kier molecular flexibility index (Phi) is 5.75. The molecule has 0 bridgehead atoms. The Morgan fingerprint density at radius 2 is 2.30 bits per heavy atom. The molecule has 23 heavy (non-hydrogen) atoms. The third-order valence-corrected chi connectivity index (χ3v) is 7.04. The molecule has 2 heterocycles. The molecule has 1 saturated carbocycles. The van der Waals surface area contributed by atoms with Crippen LogP contribution < -0.4 is 10.5 Å². The van der Waals surface area contributed by atoms with Crippen LogP contribution in [0.2, 0.25) is 0 Å². The first-order valence-electron chi connectivity index (χ1n) is 8.32. The number of hydrogen-bond acceptors (Lipinski definition) is 4. The second kappa shape index (κ2) is 7.99. The van der Waals surface area contributed by atoms with Crippen molar-refractivity contribution in [1.29, 1.82) is 0 Å². The summed E-state index contributed by atoms with van der Waals surface area (Å²) >= 11 is -0.281. The molecule has 0 aliphatic heterocycles. The van der Waals surface area contributed by atoms with Crippen LogP contribution >= 0.6 is 21.5 Å². The number of anilines is 1. The van der Waals surface area contributed by atoms with E-state index in [-0.39, 0.29) is 27.6 Å². The molecule has 0 amide bonds. The zero-order chi connectivity index (χ0) is 16.1. The van der Waals surface area contributed by atoms with E-state index in [9.17, 15) is 0 Å². The van der Waals surface area contributed by atoms with Crippen LogP contribution in [0, 0.1) is 0 Å². The van der Waals surface area contributed by atoms with Crippen LogP contribution in [0.5, 0.6) is 5.88 Å². The van der Waals surface area contributed by atoms with E-state index in [0.29, 0.717) is 11.7 Å². The fourth-order valence-electron chi connectivity index (χ4n) is 2.97. The van der Waals surface area contributed by atoms with Gasteiger partial charge in [0.2, 0.25) is 0 Å². The molecule has 2 atom stereocenters. The van der Waals surface area contributed by atoms with Crippen molar-refractivity contribution in [2.24, 2.45) is 0 Å². The summed E-state index contributed by atoms with van der Waals surface area (Å²) in [6.07, 6.45) is 7.80. The number of pyridine rings is 1. The molecule has 2 aromatic rings. The summed E-state index contributed by atoms with van der Waals surface area (Å²) in [5, 5.41) is 4.54. The summed E-state index contributed by atoms with van der Waals surface area (Å²) in [6.45, 7) is 2.24. The Bertz CT molecular complexity index is 616. The topological polar surface area (TPSA) is 66.0 Å². The van der Waals surface area contributed by atoms with E-state index in [0.717, 1.165) is 25.1 Å². The average molecular weight is 428 g/mol. The summed E-state index contributed by atoms with van der Waals surface area (Å²) in [5.41, 5.74) is 7.28. The van der Waals surface area contributed by atoms with E-state index < -0.39 is 0 Å². The Balaban J connectivity index is 1.62. The van der Waals surface area contributed by atoms with E-state index in [1.807, 2.05) is 18.2 Å². The van der Waals surface area contributed by atoms with Crippen molar-refractivity contribution >= 4 is 27.3 Å². The number of aromatic nitrogens is 3. The number of halogens is 1. The van der Waals surface area contributed by atoms with Crippen LogP contribution in [0.4, 0.5) is 5.82 Å². The van der Waals surface area contributed by atoms with Gasteiger partial charge in [0.25, 0.3) is 0 Å². The minimum atomic E-state index is -0.281. The first kappa shape index (κ1) is 16.5. The molecule has 126 valence electrons. The normalized spacial score (nSPS) is 20.9. The van der Waals surface area contributed by atoms with Gasteiger partial charge in [-0.25, -0.2) is 0 Å². The molecule has 0 spiro atoms. The quantitative estimate of drug-likeness (QED) is 0.414. The molecule has 0 aromatic carbocycles. The fourth-order valence-corrected chi connectivity index (χ4v) is 6.10. The maximum absolute atomic E-state index is 6.01. The maximum atomic E-state index is 6.01. The van der Waals surface area contributed by atoms with Crippen LogP contribution in [-0.4, -0.2) is 23.5 Å². The summed E-state index contributed by atoms with van der Waals surface area (Å²) in [6, 6.07) is 7.87. The zero-order valence-electron chi connectivity index (χ0n) is 13.5. The van der Waals surface area contributed by atoms with Gasteiger partial charge < -0.3 is 0 Å². The van der Waals surface area contributed by atoms with Gasteiger partial charge in [0, 0.05) is 0 Å². The molecule has 6 heteroatoms. The molecule has 5 nitrogen and oxygen atoms in total. The van der Waals surface area contributed by atoms with Gasteiger partial charge in [-0.1, -0.05) is 0 Å². The van der Waals surface area contributed by atoms with Crippen molar-refractivity contribution < 1.29 is 4.74 Å². The number of nitrogen functional groups attached to an aromatic ring is 1. The third-order valence-electron chi connectivity index (χ3n) is 4.16. The Morgan fingerprint density at radius 3 is 3.09 bits per heavy atom. The Morgan fingerprint density at radius 1 is 1.39 bits per heavy atom. The molecule has 2 N–H and O–H groups in total. The number of unbranched alkanes of at least 4 members (excludes halogenated alkanes) is 1. The van der Waals surface area contributed by atoms with E-state index in [1.54, 1.807) is 6.20 Å². The van der Waals surface area contributed by atoms with Crippen molar-refractivity contribution in [3.63, 3.8) is 0 Å². The average Bonchev–Trinajstić information content (AvgIpc) is 3.15. The molecule has 1 fully saturated rings. The number of alkyl halides is 1. The molecule has 1 aliphatic rings.